The van der Waals surface area contributed by atoms with Crippen molar-refractivity contribution in [1.29, 1.82) is 0 Å². The number of anilines is 1. The largest absolute Gasteiger partial charge is 0.504 e. The van der Waals surface area contributed by atoms with Crippen LogP contribution in [-0.4, -0.2) is 18.3 Å². The average molecular weight is 306 g/mol. The monoisotopic (exact) mass is 305 g/mol. The summed E-state index contributed by atoms with van der Waals surface area (Å²) in [5.74, 6) is 1.31. The molecule has 0 bridgehead atoms. The van der Waals surface area contributed by atoms with Crippen LogP contribution in [0.25, 0.3) is 0 Å². The molecule has 4 nitrogen and oxygen atoms in total. The molecule has 110 valence electrons. The Morgan fingerprint density at radius 2 is 2.05 bits per heavy atom. The first kappa shape index (κ1) is 13.9. The zero-order valence-corrected chi connectivity index (χ0v) is 12.5. The number of rotatable bonds is 2. The summed E-state index contributed by atoms with van der Waals surface area (Å²) in [6, 6.07) is 10.8. The highest BCUT2D eigenvalue weighted by atomic mass is 35.5. The predicted octanol–water partition coefficient (Wildman–Crippen LogP) is 3.99. The third-order valence-electron chi connectivity index (χ3n) is 3.57. The number of methoxy groups -OCH3 is 1. The Balaban J connectivity index is 1.95. The molecule has 2 N–H and O–H groups in total. The lowest BCUT2D eigenvalue weighted by Crippen LogP contribution is -2.32. The minimum Gasteiger partial charge on any atom is -0.504 e. The first-order chi connectivity index (χ1) is 10.1. The molecule has 1 aliphatic heterocycles. The van der Waals surface area contributed by atoms with Crippen LogP contribution in [0, 0.1) is 0 Å². The first-order valence-electron chi connectivity index (χ1n) is 6.68. The van der Waals surface area contributed by atoms with Crippen molar-refractivity contribution in [1.82, 2.24) is 0 Å². The summed E-state index contributed by atoms with van der Waals surface area (Å²) in [7, 11) is 1.53. The van der Waals surface area contributed by atoms with Crippen LogP contribution in [0.2, 0.25) is 5.02 Å². The van der Waals surface area contributed by atoms with Crippen molar-refractivity contribution in [3.8, 4) is 17.2 Å². The van der Waals surface area contributed by atoms with E-state index in [1.807, 2.05) is 25.1 Å². The van der Waals surface area contributed by atoms with Gasteiger partial charge in [-0.25, -0.2) is 0 Å². The highest BCUT2D eigenvalue weighted by Gasteiger charge is 2.28. The van der Waals surface area contributed by atoms with Crippen LogP contribution in [0.1, 0.15) is 18.6 Å². The number of phenolic OH excluding ortho intramolecular Hbond substituents is 1. The maximum absolute atomic E-state index is 9.69. The molecule has 0 amide bonds. The number of aromatic hydroxyl groups is 1. The number of halogens is 1. The summed E-state index contributed by atoms with van der Waals surface area (Å²) in [6.45, 7) is 2.04. The van der Waals surface area contributed by atoms with Gasteiger partial charge in [0.1, 0.15) is 11.9 Å². The molecule has 0 unspecified atom stereocenters. The van der Waals surface area contributed by atoms with E-state index in [2.05, 4.69) is 5.32 Å². The molecule has 0 aromatic heterocycles. The average Bonchev–Trinajstić information content (AvgIpc) is 2.47. The van der Waals surface area contributed by atoms with Gasteiger partial charge in [0.2, 0.25) is 0 Å². The van der Waals surface area contributed by atoms with Crippen LogP contribution in [0.3, 0.4) is 0 Å². The van der Waals surface area contributed by atoms with Crippen molar-refractivity contribution >= 4 is 17.3 Å². The molecule has 0 fully saturated rings. The molecule has 0 aliphatic carbocycles. The lowest BCUT2D eigenvalue weighted by molar-refractivity contribution is 0.177. The quantitative estimate of drug-likeness (QED) is 0.881. The van der Waals surface area contributed by atoms with E-state index < -0.39 is 0 Å². The third-order valence-corrected chi connectivity index (χ3v) is 3.80. The number of nitrogens with one attached hydrogen (secondary N) is 1. The molecule has 2 aromatic carbocycles. The minimum atomic E-state index is -0.173. The molecule has 0 saturated heterocycles. The van der Waals surface area contributed by atoms with Gasteiger partial charge in [-0.15, -0.1) is 0 Å². The summed E-state index contributed by atoms with van der Waals surface area (Å²) in [6.07, 6.45) is -0.173. The normalized spacial score (nSPS) is 20.1. The Morgan fingerprint density at radius 3 is 2.81 bits per heavy atom. The van der Waals surface area contributed by atoms with Crippen LogP contribution < -0.4 is 14.8 Å². The number of benzene rings is 2. The Morgan fingerprint density at radius 1 is 1.24 bits per heavy atom. The fraction of sp³-hybridized carbons (Fsp3) is 0.250. The van der Waals surface area contributed by atoms with E-state index in [1.54, 1.807) is 18.2 Å². The molecule has 0 spiro atoms. The van der Waals surface area contributed by atoms with E-state index in [0.29, 0.717) is 10.8 Å². The lowest BCUT2D eigenvalue weighted by atomic mass is 10.0. The van der Waals surface area contributed by atoms with Crippen LogP contribution in [0.15, 0.2) is 36.4 Å². The number of hydrogen-bond donors (Lipinski definition) is 2. The Bertz CT molecular complexity index is 675. The van der Waals surface area contributed by atoms with Gasteiger partial charge in [0, 0.05) is 5.02 Å². The maximum Gasteiger partial charge on any atom is 0.160 e. The smallest absolute Gasteiger partial charge is 0.160 e. The molecule has 2 aromatic rings. The second-order valence-electron chi connectivity index (χ2n) is 5.04. The van der Waals surface area contributed by atoms with Crippen molar-refractivity contribution in [3.63, 3.8) is 0 Å². The molecule has 1 heterocycles. The Hall–Kier alpha value is -2.07. The molecule has 5 heteroatoms. The Labute approximate surface area is 128 Å². The summed E-state index contributed by atoms with van der Waals surface area (Å²) in [5.41, 5.74) is 1.82. The summed E-state index contributed by atoms with van der Waals surface area (Å²) >= 11 is 5.99. The van der Waals surface area contributed by atoms with E-state index in [0.717, 1.165) is 17.0 Å². The van der Waals surface area contributed by atoms with Gasteiger partial charge >= 0.3 is 0 Å². The number of fused-ring (bicyclic) bond motifs is 1. The van der Waals surface area contributed by atoms with Gasteiger partial charge in [0.15, 0.2) is 11.5 Å². The van der Waals surface area contributed by atoms with Gasteiger partial charge < -0.3 is 19.9 Å². The van der Waals surface area contributed by atoms with Gasteiger partial charge in [-0.2, -0.15) is 0 Å². The molecular weight excluding hydrogens is 290 g/mol. The van der Waals surface area contributed by atoms with E-state index in [1.165, 1.54) is 7.11 Å². The highest BCUT2D eigenvalue weighted by molar-refractivity contribution is 6.30. The Kier molecular flexibility index (Phi) is 3.55. The van der Waals surface area contributed by atoms with Crippen LogP contribution in [-0.2, 0) is 0 Å². The van der Waals surface area contributed by atoms with E-state index >= 15 is 0 Å². The summed E-state index contributed by atoms with van der Waals surface area (Å²) < 4.78 is 11.2. The van der Waals surface area contributed by atoms with E-state index in [4.69, 9.17) is 21.1 Å². The second-order valence-corrected chi connectivity index (χ2v) is 5.48. The van der Waals surface area contributed by atoms with Gasteiger partial charge in [0.25, 0.3) is 0 Å². The number of ether oxygens (including phenoxy) is 2. The van der Waals surface area contributed by atoms with Crippen LogP contribution in [0.5, 0.6) is 17.2 Å². The standard InChI is InChI=1S/C16H16ClNO3/c1-9-16(10-3-5-13(19)15(7-10)20-2)21-14-6-4-11(17)8-12(14)18-9/h3-9,16,18-19H,1-2H3/t9-,16+/m1/s1. The summed E-state index contributed by atoms with van der Waals surface area (Å²) in [4.78, 5) is 0. The van der Waals surface area contributed by atoms with Crippen molar-refractivity contribution in [2.75, 3.05) is 12.4 Å². The van der Waals surface area contributed by atoms with E-state index in [9.17, 15) is 5.11 Å². The van der Waals surface area contributed by atoms with Crippen molar-refractivity contribution in [2.45, 2.75) is 19.1 Å². The molecule has 0 radical (unpaired) electrons. The van der Waals surface area contributed by atoms with Gasteiger partial charge in [-0.1, -0.05) is 17.7 Å². The highest BCUT2D eigenvalue weighted by Crippen LogP contribution is 2.40. The first-order valence-corrected chi connectivity index (χ1v) is 7.06. The molecule has 2 atom stereocenters. The topological polar surface area (TPSA) is 50.7 Å². The zero-order valence-electron chi connectivity index (χ0n) is 11.8. The van der Waals surface area contributed by atoms with Crippen LogP contribution in [0.4, 0.5) is 5.69 Å². The number of hydrogen-bond acceptors (Lipinski definition) is 4. The van der Waals surface area contributed by atoms with Crippen molar-refractivity contribution in [2.24, 2.45) is 0 Å². The molecule has 3 rings (SSSR count). The van der Waals surface area contributed by atoms with Crippen LogP contribution >= 0.6 is 11.6 Å². The van der Waals surface area contributed by atoms with Gasteiger partial charge in [-0.3, -0.25) is 0 Å². The molecule has 21 heavy (non-hydrogen) atoms. The molecular formula is C16H16ClNO3. The fourth-order valence-corrected chi connectivity index (χ4v) is 2.68. The minimum absolute atomic E-state index is 0.0604. The zero-order chi connectivity index (χ0) is 15.0. The van der Waals surface area contributed by atoms with Crippen molar-refractivity contribution < 1.29 is 14.6 Å². The molecule has 1 aliphatic rings. The maximum atomic E-state index is 9.69. The fourth-order valence-electron chi connectivity index (χ4n) is 2.51. The molecule has 0 saturated carbocycles. The summed E-state index contributed by atoms with van der Waals surface area (Å²) in [5, 5.41) is 13.7. The van der Waals surface area contributed by atoms with E-state index in [-0.39, 0.29) is 17.9 Å². The number of phenols is 1. The SMILES string of the molecule is COc1cc([C@H]2Oc3ccc(Cl)cc3N[C@@H]2C)ccc1O. The lowest BCUT2D eigenvalue weighted by Gasteiger charge is -2.33. The van der Waals surface area contributed by atoms with Gasteiger partial charge in [-0.05, 0) is 42.8 Å². The predicted molar refractivity (Wildman–Crippen MR) is 82.6 cm³/mol. The second kappa shape index (κ2) is 5.37. The third kappa shape index (κ3) is 2.59. The van der Waals surface area contributed by atoms with Gasteiger partial charge in [0.05, 0.1) is 18.8 Å². The van der Waals surface area contributed by atoms with Crippen molar-refractivity contribution in [3.05, 3.63) is 47.0 Å².